The molecule has 5 heteroatoms. The van der Waals surface area contributed by atoms with Crippen LogP contribution in [-0.2, 0) is 6.54 Å². The summed E-state index contributed by atoms with van der Waals surface area (Å²) in [7, 11) is 0. The highest BCUT2D eigenvalue weighted by Crippen LogP contribution is 2.26. The van der Waals surface area contributed by atoms with Crippen LogP contribution in [-0.4, -0.2) is 39.0 Å². The van der Waals surface area contributed by atoms with E-state index in [4.69, 9.17) is 0 Å². The van der Waals surface area contributed by atoms with Gasteiger partial charge in [-0.15, -0.1) is 0 Å². The molecular formula is C17H23N3OS. The average Bonchev–Trinajstić information content (AvgIpc) is 2.97. The summed E-state index contributed by atoms with van der Waals surface area (Å²) in [5.74, 6) is 2.11. The van der Waals surface area contributed by atoms with Gasteiger partial charge >= 0.3 is 0 Å². The summed E-state index contributed by atoms with van der Waals surface area (Å²) in [6.07, 6.45) is 3.62. The third-order valence-corrected chi connectivity index (χ3v) is 5.24. The van der Waals surface area contributed by atoms with Gasteiger partial charge in [-0.25, -0.2) is 0 Å². The highest BCUT2D eigenvalue weighted by molar-refractivity contribution is 7.99. The number of hydrogen-bond donors (Lipinski definition) is 3. The third-order valence-electron chi connectivity index (χ3n) is 4.25. The van der Waals surface area contributed by atoms with Crippen LogP contribution in [0.1, 0.15) is 24.0 Å². The fourth-order valence-corrected chi connectivity index (χ4v) is 4.03. The smallest absolute Gasteiger partial charge is 0.0787 e. The SMILES string of the molecule is Cc1ccc(-c2[nH]ncc2CNCC2(O)CCSCC2)cc1. The molecule has 2 aromatic rings. The standard InChI is InChI=1S/C17H23N3OS/c1-13-2-4-14(5-3-13)16-15(11-19-20-16)10-18-12-17(21)6-8-22-9-7-17/h2-5,11,18,21H,6-10,12H2,1H3,(H,19,20). The minimum atomic E-state index is -0.543. The Morgan fingerprint density at radius 2 is 2.00 bits per heavy atom. The predicted molar refractivity (Wildman–Crippen MR) is 92.0 cm³/mol. The highest BCUT2D eigenvalue weighted by atomic mass is 32.2. The topological polar surface area (TPSA) is 60.9 Å². The lowest BCUT2D eigenvalue weighted by Crippen LogP contribution is -2.43. The summed E-state index contributed by atoms with van der Waals surface area (Å²) < 4.78 is 0. The number of aromatic amines is 1. The van der Waals surface area contributed by atoms with Crippen LogP contribution in [0.15, 0.2) is 30.5 Å². The molecule has 22 heavy (non-hydrogen) atoms. The molecule has 1 aromatic heterocycles. The van der Waals surface area contributed by atoms with Gasteiger partial charge in [-0.3, -0.25) is 5.10 Å². The van der Waals surface area contributed by atoms with Crippen LogP contribution in [0.3, 0.4) is 0 Å². The predicted octanol–water partition coefficient (Wildman–Crippen LogP) is 2.73. The number of aryl methyl sites for hydroxylation is 1. The molecule has 0 bridgehead atoms. The second kappa shape index (κ2) is 6.86. The summed E-state index contributed by atoms with van der Waals surface area (Å²) in [6.45, 7) is 3.45. The first kappa shape index (κ1) is 15.6. The normalized spacial score (nSPS) is 17.5. The van der Waals surface area contributed by atoms with Crippen molar-refractivity contribution in [2.24, 2.45) is 0 Å². The number of benzene rings is 1. The molecule has 0 radical (unpaired) electrons. The Morgan fingerprint density at radius 1 is 1.27 bits per heavy atom. The van der Waals surface area contributed by atoms with Gasteiger partial charge in [0.05, 0.1) is 17.5 Å². The van der Waals surface area contributed by atoms with E-state index in [1.54, 1.807) is 0 Å². The van der Waals surface area contributed by atoms with Crippen molar-refractivity contribution in [3.8, 4) is 11.3 Å². The van der Waals surface area contributed by atoms with Crippen molar-refractivity contribution < 1.29 is 5.11 Å². The van der Waals surface area contributed by atoms with Gasteiger partial charge < -0.3 is 10.4 Å². The molecule has 2 heterocycles. The van der Waals surface area contributed by atoms with E-state index in [2.05, 4.69) is 46.7 Å². The van der Waals surface area contributed by atoms with Crippen molar-refractivity contribution >= 4 is 11.8 Å². The Morgan fingerprint density at radius 3 is 2.73 bits per heavy atom. The van der Waals surface area contributed by atoms with Gasteiger partial charge in [-0.2, -0.15) is 16.9 Å². The number of hydrogen-bond acceptors (Lipinski definition) is 4. The first-order valence-corrected chi connectivity index (χ1v) is 8.92. The quantitative estimate of drug-likeness (QED) is 0.793. The van der Waals surface area contributed by atoms with Crippen molar-refractivity contribution in [3.05, 3.63) is 41.6 Å². The van der Waals surface area contributed by atoms with Gasteiger partial charge in [0.1, 0.15) is 0 Å². The van der Waals surface area contributed by atoms with E-state index in [0.717, 1.165) is 47.7 Å². The Balaban J connectivity index is 1.62. The van der Waals surface area contributed by atoms with E-state index in [1.807, 2.05) is 18.0 Å². The Bertz CT molecular complexity index is 603. The van der Waals surface area contributed by atoms with E-state index in [9.17, 15) is 5.11 Å². The molecule has 4 nitrogen and oxygen atoms in total. The number of nitrogens with zero attached hydrogens (tertiary/aromatic N) is 1. The van der Waals surface area contributed by atoms with Crippen molar-refractivity contribution in [3.63, 3.8) is 0 Å². The summed E-state index contributed by atoms with van der Waals surface area (Å²) in [4.78, 5) is 0. The van der Waals surface area contributed by atoms with Crippen molar-refractivity contribution in [2.75, 3.05) is 18.1 Å². The number of nitrogens with one attached hydrogen (secondary N) is 2. The Labute approximate surface area is 135 Å². The summed E-state index contributed by atoms with van der Waals surface area (Å²) in [5.41, 5.74) is 4.04. The van der Waals surface area contributed by atoms with Gasteiger partial charge in [0.2, 0.25) is 0 Å². The molecule has 0 amide bonds. The van der Waals surface area contributed by atoms with E-state index in [1.165, 1.54) is 5.56 Å². The summed E-state index contributed by atoms with van der Waals surface area (Å²) >= 11 is 1.93. The lowest BCUT2D eigenvalue weighted by Gasteiger charge is -2.32. The largest absolute Gasteiger partial charge is 0.389 e. The van der Waals surface area contributed by atoms with Crippen molar-refractivity contribution in [2.45, 2.75) is 31.9 Å². The van der Waals surface area contributed by atoms with Crippen LogP contribution in [0.2, 0.25) is 0 Å². The number of H-pyrrole nitrogens is 1. The molecular weight excluding hydrogens is 294 g/mol. The average molecular weight is 317 g/mol. The van der Waals surface area contributed by atoms with Crippen LogP contribution in [0, 0.1) is 6.92 Å². The molecule has 1 saturated heterocycles. The van der Waals surface area contributed by atoms with Gasteiger partial charge in [0.15, 0.2) is 0 Å². The van der Waals surface area contributed by atoms with Gasteiger partial charge in [-0.1, -0.05) is 29.8 Å². The summed E-state index contributed by atoms with van der Waals surface area (Å²) in [5, 5.41) is 21.2. The van der Waals surface area contributed by atoms with Crippen LogP contribution in [0.5, 0.6) is 0 Å². The molecule has 1 fully saturated rings. The number of rotatable bonds is 5. The minimum absolute atomic E-state index is 0.543. The Kier molecular flexibility index (Phi) is 4.86. The second-order valence-electron chi connectivity index (χ2n) is 6.08. The summed E-state index contributed by atoms with van der Waals surface area (Å²) in [6, 6.07) is 8.43. The monoisotopic (exact) mass is 317 g/mol. The first-order valence-electron chi connectivity index (χ1n) is 7.76. The second-order valence-corrected chi connectivity index (χ2v) is 7.30. The molecule has 1 aromatic carbocycles. The molecule has 0 saturated carbocycles. The highest BCUT2D eigenvalue weighted by Gasteiger charge is 2.28. The van der Waals surface area contributed by atoms with Gasteiger partial charge in [0.25, 0.3) is 0 Å². The number of aromatic nitrogens is 2. The minimum Gasteiger partial charge on any atom is -0.389 e. The molecule has 3 N–H and O–H groups in total. The molecule has 1 aliphatic heterocycles. The molecule has 0 aliphatic carbocycles. The maximum atomic E-state index is 10.5. The van der Waals surface area contributed by atoms with E-state index >= 15 is 0 Å². The van der Waals surface area contributed by atoms with Gasteiger partial charge in [0, 0.05) is 18.7 Å². The molecule has 3 rings (SSSR count). The number of aliphatic hydroxyl groups is 1. The van der Waals surface area contributed by atoms with Crippen molar-refractivity contribution in [1.82, 2.24) is 15.5 Å². The zero-order chi connectivity index (χ0) is 15.4. The van der Waals surface area contributed by atoms with Crippen LogP contribution < -0.4 is 5.32 Å². The van der Waals surface area contributed by atoms with Crippen LogP contribution >= 0.6 is 11.8 Å². The van der Waals surface area contributed by atoms with E-state index < -0.39 is 5.60 Å². The molecule has 0 spiro atoms. The maximum absolute atomic E-state index is 10.5. The lowest BCUT2D eigenvalue weighted by atomic mass is 9.97. The Hall–Kier alpha value is -1.30. The molecule has 118 valence electrons. The lowest BCUT2D eigenvalue weighted by molar-refractivity contribution is 0.0320. The van der Waals surface area contributed by atoms with Crippen molar-refractivity contribution in [1.29, 1.82) is 0 Å². The van der Waals surface area contributed by atoms with Gasteiger partial charge in [-0.05, 0) is 36.8 Å². The molecule has 0 unspecified atom stereocenters. The molecule has 1 aliphatic rings. The first-order chi connectivity index (χ1) is 10.7. The van der Waals surface area contributed by atoms with E-state index in [-0.39, 0.29) is 0 Å². The number of thioether (sulfide) groups is 1. The zero-order valence-electron chi connectivity index (χ0n) is 12.9. The zero-order valence-corrected chi connectivity index (χ0v) is 13.7. The fourth-order valence-electron chi connectivity index (χ4n) is 2.77. The van der Waals surface area contributed by atoms with Crippen LogP contribution in [0.4, 0.5) is 0 Å². The maximum Gasteiger partial charge on any atom is 0.0787 e. The molecule has 0 atom stereocenters. The third kappa shape index (κ3) is 3.72. The van der Waals surface area contributed by atoms with Crippen LogP contribution in [0.25, 0.3) is 11.3 Å². The fraction of sp³-hybridized carbons (Fsp3) is 0.471. The van der Waals surface area contributed by atoms with E-state index in [0.29, 0.717) is 6.54 Å².